The van der Waals surface area contributed by atoms with Crippen LogP contribution in [0, 0.1) is 11.8 Å². The molecule has 2 aliphatic rings. The first-order valence-corrected chi connectivity index (χ1v) is 9.28. The van der Waals surface area contributed by atoms with Crippen molar-refractivity contribution in [3.63, 3.8) is 0 Å². The van der Waals surface area contributed by atoms with Gasteiger partial charge in [-0.05, 0) is 37.5 Å². The summed E-state index contributed by atoms with van der Waals surface area (Å²) in [5.41, 5.74) is 0. The molecule has 3 rings (SSSR count). The number of amides is 2. The van der Waals surface area contributed by atoms with Crippen molar-refractivity contribution in [1.82, 2.24) is 19.8 Å². The molecule has 1 aromatic heterocycles. The molecule has 0 saturated carbocycles. The van der Waals surface area contributed by atoms with E-state index in [2.05, 4.69) is 28.7 Å². The van der Waals surface area contributed by atoms with Crippen LogP contribution >= 0.6 is 0 Å². The zero-order valence-corrected chi connectivity index (χ0v) is 14.9. The monoisotopic (exact) mass is 334 g/mol. The zero-order chi connectivity index (χ0) is 16.9. The van der Waals surface area contributed by atoms with Gasteiger partial charge in [-0.2, -0.15) is 0 Å². The highest BCUT2D eigenvalue weighted by Crippen LogP contribution is 2.28. The van der Waals surface area contributed by atoms with E-state index in [4.69, 9.17) is 4.74 Å². The Balaban J connectivity index is 1.44. The van der Waals surface area contributed by atoms with Crippen molar-refractivity contribution in [1.29, 1.82) is 0 Å². The Morgan fingerprint density at radius 3 is 2.83 bits per heavy atom. The number of carbonyl (C=O) groups is 1. The third-order valence-electron chi connectivity index (χ3n) is 5.08. The van der Waals surface area contributed by atoms with E-state index in [1.807, 2.05) is 11.1 Å². The van der Waals surface area contributed by atoms with Crippen LogP contribution in [0.3, 0.4) is 0 Å². The van der Waals surface area contributed by atoms with E-state index in [0.717, 1.165) is 44.9 Å². The molecular formula is C18H30N4O2. The lowest BCUT2D eigenvalue weighted by Crippen LogP contribution is -2.46. The number of ether oxygens (including phenoxy) is 1. The first kappa shape index (κ1) is 17.3. The maximum absolute atomic E-state index is 12.4. The zero-order valence-electron chi connectivity index (χ0n) is 14.9. The minimum absolute atomic E-state index is 0.0277. The van der Waals surface area contributed by atoms with Crippen molar-refractivity contribution >= 4 is 6.03 Å². The molecule has 2 saturated heterocycles. The van der Waals surface area contributed by atoms with Gasteiger partial charge in [-0.25, -0.2) is 9.78 Å². The van der Waals surface area contributed by atoms with Crippen LogP contribution in [0.5, 0.6) is 0 Å². The highest BCUT2D eigenvalue weighted by Gasteiger charge is 2.30. The lowest BCUT2D eigenvalue weighted by molar-refractivity contribution is 0.0372. The van der Waals surface area contributed by atoms with E-state index in [1.165, 1.54) is 12.8 Å². The Labute approximate surface area is 144 Å². The molecule has 1 aromatic rings. The third kappa shape index (κ3) is 4.29. The molecule has 1 N–H and O–H groups in total. The van der Waals surface area contributed by atoms with Crippen molar-refractivity contribution < 1.29 is 9.53 Å². The second-order valence-corrected chi connectivity index (χ2v) is 7.42. The van der Waals surface area contributed by atoms with Gasteiger partial charge in [0.25, 0.3) is 0 Å². The number of carbonyl (C=O) groups excluding carboxylic acids is 1. The second-order valence-electron chi connectivity index (χ2n) is 7.42. The first-order chi connectivity index (χ1) is 11.6. The van der Waals surface area contributed by atoms with Crippen LogP contribution < -0.4 is 5.32 Å². The Morgan fingerprint density at radius 1 is 1.38 bits per heavy atom. The lowest BCUT2D eigenvalue weighted by Gasteiger charge is -2.34. The summed E-state index contributed by atoms with van der Waals surface area (Å²) in [4.78, 5) is 18.7. The summed E-state index contributed by atoms with van der Waals surface area (Å²) in [5.74, 6) is 2.11. The summed E-state index contributed by atoms with van der Waals surface area (Å²) in [6.45, 7) is 8.35. The van der Waals surface area contributed by atoms with Gasteiger partial charge in [-0.3, -0.25) is 0 Å². The van der Waals surface area contributed by atoms with Gasteiger partial charge < -0.3 is 19.5 Å². The van der Waals surface area contributed by atoms with Gasteiger partial charge in [0.05, 0.1) is 12.6 Å². The van der Waals surface area contributed by atoms with E-state index in [1.54, 1.807) is 6.20 Å². The molecule has 0 radical (unpaired) electrons. The van der Waals surface area contributed by atoms with Gasteiger partial charge in [0, 0.05) is 38.6 Å². The first-order valence-electron chi connectivity index (χ1n) is 9.28. The molecule has 3 heterocycles. The van der Waals surface area contributed by atoms with Crippen molar-refractivity contribution in [3.8, 4) is 0 Å². The third-order valence-corrected chi connectivity index (χ3v) is 5.08. The topological polar surface area (TPSA) is 59.4 Å². The molecule has 2 fully saturated rings. The second kappa shape index (κ2) is 8.01. The normalized spacial score (nSPS) is 22.3. The Morgan fingerprint density at radius 2 is 2.17 bits per heavy atom. The summed E-state index contributed by atoms with van der Waals surface area (Å²) in [6.07, 6.45) is 8.70. The maximum atomic E-state index is 12.4. The Bertz CT molecular complexity index is 529. The van der Waals surface area contributed by atoms with Gasteiger partial charge in [0.1, 0.15) is 5.82 Å². The van der Waals surface area contributed by atoms with Crippen LogP contribution in [0.15, 0.2) is 12.4 Å². The fraction of sp³-hybridized carbons (Fsp3) is 0.778. The number of rotatable bonds is 5. The molecule has 0 aliphatic carbocycles. The number of likely N-dealkylation sites (tertiary alicyclic amines) is 1. The highest BCUT2D eigenvalue weighted by molar-refractivity contribution is 5.74. The fourth-order valence-corrected chi connectivity index (χ4v) is 3.78. The van der Waals surface area contributed by atoms with E-state index < -0.39 is 0 Å². The SMILES string of the molecule is CC(C)Cn1ccnc1CNC(=O)N1CCC([C@H]2CCCO2)CC1. The van der Waals surface area contributed by atoms with E-state index in [9.17, 15) is 4.79 Å². The van der Waals surface area contributed by atoms with Gasteiger partial charge >= 0.3 is 6.03 Å². The van der Waals surface area contributed by atoms with Gasteiger partial charge in [-0.1, -0.05) is 13.8 Å². The van der Waals surface area contributed by atoms with E-state index >= 15 is 0 Å². The number of nitrogens with zero attached hydrogens (tertiary/aromatic N) is 3. The molecule has 2 aliphatic heterocycles. The van der Waals surface area contributed by atoms with Crippen molar-refractivity contribution in [2.24, 2.45) is 11.8 Å². The number of hydrogen-bond acceptors (Lipinski definition) is 3. The summed E-state index contributed by atoms with van der Waals surface area (Å²) in [5, 5.41) is 3.03. The smallest absolute Gasteiger partial charge is 0.317 e. The van der Waals surface area contributed by atoms with Crippen molar-refractivity contribution in [2.45, 2.75) is 58.7 Å². The average molecular weight is 334 g/mol. The molecule has 24 heavy (non-hydrogen) atoms. The highest BCUT2D eigenvalue weighted by atomic mass is 16.5. The van der Waals surface area contributed by atoms with Crippen molar-refractivity contribution in [2.75, 3.05) is 19.7 Å². The summed E-state index contributed by atoms with van der Waals surface area (Å²) < 4.78 is 7.92. The van der Waals surface area contributed by atoms with Crippen molar-refractivity contribution in [3.05, 3.63) is 18.2 Å². The Kier molecular flexibility index (Phi) is 5.76. The predicted octanol–water partition coefficient (Wildman–Crippen LogP) is 2.64. The quantitative estimate of drug-likeness (QED) is 0.900. The number of urea groups is 1. The molecular weight excluding hydrogens is 304 g/mol. The number of nitrogens with one attached hydrogen (secondary N) is 1. The molecule has 0 unspecified atom stereocenters. The fourth-order valence-electron chi connectivity index (χ4n) is 3.78. The number of hydrogen-bond donors (Lipinski definition) is 1. The molecule has 0 spiro atoms. The summed E-state index contributed by atoms with van der Waals surface area (Å²) in [6, 6.07) is 0.0277. The molecule has 1 atom stereocenters. The standard InChI is InChI=1S/C18H30N4O2/c1-14(2)13-22-10-7-19-17(22)12-20-18(23)21-8-5-15(6-9-21)16-4-3-11-24-16/h7,10,14-16H,3-6,8-9,11-13H2,1-2H3,(H,20,23)/t16-/m1/s1. The predicted molar refractivity (Wildman–Crippen MR) is 92.6 cm³/mol. The number of imidazole rings is 1. The molecule has 134 valence electrons. The minimum atomic E-state index is 0.0277. The molecule has 6 heteroatoms. The van der Waals surface area contributed by atoms with Gasteiger partial charge in [0.15, 0.2) is 0 Å². The van der Waals surface area contributed by atoms with Gasteiger partial charge in [-0.15, -0.1) is 0 Å². The van der Waals surface area contributed by atoms with Crippen LogP contribution in [-0.2, 0) is 17.8 Å². The van der Waals surface area contributed by atoms with Crippen LogP contribution in [0.4, 0.5) is 4.79 Å². The molecule has 0 aromatic carbocycles. The molecule has 6 nitrogen and oxygen atoms in total. The number of piperidine rings is 1. The van der Waals surface area contributed by atoms with E-state index in [0.29, 0.717) is 24.5 Å². The van der Waals surface area contributed by atoms with Crippen LogP contribution in [0.2, 0.25) is 0 Å². The molecule has 2 amide bonds. The summed E-state index contributed by atoms with van der Waals surface area (Å²) in [7, 11) is 0. The van der Waals surface area contributed by atoms with Crippen LogP contribution in [-0.4, -0.2) is 46.3 Å². The number of aromatic nitrogens is 2. The van der Waals surface area contributed by atoms with Crippen LogP contribution in [0.1, 0.15) is 45.4 Å². The van der Waals surface area contributed by atoms with Crippen LogP contribution in [0.25, 0.3) is 0 Å². The minimum Gasteiger partial charge on any atom is -0.378 e. The average Bonchev–Trinajstić information content (AvgIpc) is 3.24. The maximum Gasteiger partial charge on any atom is 0.317 e. The lowest BCUT2D eigenvalue weighted by atomic mass is 9.90. The van der Waals surface area contributed by atoms with Gasteiger partial charge in [0.2, 0.25) is 0 Å². The Hall–Kier alpha value is -1.56. The summed E-state index contributed by atoms with van der Waals surface area (Å²) >= 11 is 0. The molecule has 0 bridgehead atoms. The largest absolute Gasteiger partial charge is 0.378 e. The van der Waals surface area contributed by atoms with E-state index in [-0.39, 0.29) is 6.03 Å².